The van der Waals surface area contributed by atoms with Gasteiger partial charge in [0.25, 0.3) is 5.69 Å². The molecule has 1 amide bonds. The number of carbonyl (C=O) groups excluding carboxylic acids is 1. The molecule has 7 nitrogen and oxygen atoms in total. The Morgan fingerprint density at radius 1 is 1.40 bits per heavy atom. The molecular formula is C12H14N2O5S. The van der Waals surface area contributed by atoms with Crippen LogP contribution in [0.15, 0.2) is 18.2 Å². The van der Waals surface area contributed by atoms with Crippen molar-refractivity contribution in [3.05, 3.63) is 33.9 Å². The summed E-state index contributed by atoms with van der Waals surface area (Å²) in [5.74, 6) is -1.57. The van der Waals surface area contributed by atoms with Crippen molar-refractivity contribution in [2.45, 2.75) is 13.3 Å². The number of nitrogens with zero attached hydrogens (tertiary/aromatic N) is 1. The predicted molar refractivity (Wildman–Crippen MR) is 76.1 cm³/mol. The lowest BCUT2D eigenvalue weighted by molar-refractivity contribution is -0.385. The number of thioether (sulfide) groups is 1. The Morgan fingerprint density at radius 3 is 2.65 bits per heavy atom. The van der Waals surface area contributed by atoms with E-state index in [-0.39, 0.29) is 17.2 Å². The monoisotopic (exact) mass is 298 g/mol. The van der Waals surface area contributed by atoms with E-state index in [2.05, 4.69) is 5.32 Å². The number of carboxylic acids is 1. The molecular weight excluding hydrogens is 284 g/mol. The molecule has 0 unspecified atom stereocenters. The Bertz CT molecular complexity index is 533. The number of anilines is 1. The molecule has 0 fully saturated rings. The molecule has 0 spiro atoms. The lowest BCUT2D eigenvalue weighted by Crippen LogP contribution is -2.15. The Kier molecular flexibility index (Phi) is 5.98. The van der Waals surface area contributed by atoms with Gasteiger partial charge in [-0.3, -0.25) is 19.7 Å². The first kappa shape index (κ1) is 16.0. The maximum absolute atomic E-state index is 11.5. The summed E-state index contributed by atoms with van der Waals surface area (Å²) in [6.07, 6.45) is 0.527. The Hall–Kier alpha value is -2.09. The summed E-state index contributed by atoms with van der Waals surface area (Å²) in [5, 5.41) is 21.8. The molecule has 20 heavy (non-hydrogen) atoms. The number of nitro benzene ring substituents is 1. The van der Waals surface area contributed by atoms with E-state index in [0.29, 0.717) is 17.7 Å². The van der Waals surface area contributed by atoms with Gasteiger partial charge in [0, 0.05) is 17.3 Å². The third kappa shape index (κ3) is 4.88. The van der Waals surface area contributed by atoms with Gasteiger partial charge < -0.3 is 10.4 Å². The van der Waals surface area contributed by atoms with Crippen LogP contribution in [-0.2, 0) is 16.0 Å². The van der Waals surface area contributed by atoms with Crippen molar-refractivity contribution in [3.63, 3.8) is 0 Å². The molecule has 0 saturated carbocycles. The van der Waals surface area contributed by atoms with Gasteiger partial charge in [-0.1, -0.05) is 13.0 Å². The van der Waals surface area contributed by atoms with E-state index in [0.717, 1.165) is 11.8 Å². The van der Waals surface area contributed by atoms with Gasteiger partial charge in [0.1, 0.15) is 0 Å². The molecule has 0 radical (unpaired) electrons. The van der Waals surface area contributed by atoms with Crippen LogP contribution in [0.2, 0.25) is 0 Å². The molecule has 2 N–H and O–H groups in total. The highest BCUT2D eigenvalue weighted by Crippen LogP contribution is 2.23. The van der Waals surface area contributed by atoms with Crippen molar-refractivity contribution < 1.29 is 19.6 Å². The predicted octanol–water partition coefficient (Wildman–Crippen LogP) is 1.91. The highest BCUT2D eigenvalue weighted by atomic mass is 32.2. The molecule has 0 aliphatic carbocycles. The Morgan fingerprint density at radius 2 is 2.10 bits per heavy atom. The van der Waals surface area contributed by atoms with Gasteiger partial charge in [0.2, 0.25) is 5.91 Å². The first-order chi connectivity index (χ1) is 9.43. The number of aliphatic carboxylic acids is 1. The average Bonchev–Trinajstić information content (AvgIpc) is 2.38. The number of hydrogen-bond donors (Lipinski definition) is 2. The van der Waals surface area contributed by atoms with Crippen LogP contribution in [-0.4, -0.2) is 33.4 Å². The number of carbonyl (C=O) groups is 2. The second kappa shape index (κ2) is 7.49. The maximum atomic E-state index is 11.5. The van der Waals surface area contributed by atoms with E-state index in [9.17, 15) is 19.7 Å². The number of amides is 1. The summed E-state index contributed by atoms with van der Waals surface area (Å²) in [6.45, 7) is 1.81. The number of aryl methyl sites for hydroxylation is 1. The third-order valence-corrected chi connectivity index (χ3v) is 3.32. The minimum absolute atomic E-state index is 0.0182. The maximum Gasteiger partial charge on any atom is 0.313 e. The van der Waals surface area contributed by atoms with Crippen LogP contribution in [0.1, 0.15) is 12.5 Å². The first-order valence-electron chi connectivity index (χ1n) is 5.80. The zero-order valence-corrected chi connectivity index (χ0v) is 11.6. The standard InChI is InChI=1S/C12H14N2O5S/c1-2-8-3-4-9(5-10(8)14(18)19)13-11(15)6-20-7-12(16)17/h3-5H,2,6-7H2,1H3,(H,13,15)(H,16,17). The van der Waals surface area contributed by atoms with Crippen LogP contribution >= 0.6 is 11.8 Å². The molecule has 0 aliphatic rings. The molecule has 1 aromatic rings. The van der Waals surface area contributed by atoms with Gasteiger partial charge in [0.05, 0.1) is 16.4 Å². The van der Waals surface area contributed by atoms with E-state index in [1.807, 2.05) is 6.92 Å². The molecule has 0 saturated heterocycles. The highest BCUT2D eigenvalue weighted by Gasteiger charge is 2.14. The van der Waals surface area contributed by atoms with Gasteiger partial charge in [-0.15, -0.1) is 11.8 Å². The van der Waals surface area contributed by atoms with Crippen LogP contribution in [0, 0.1) is 10.1 Å². The second-order valence-corrected chi connectivity index (χ2v) is 4.87. The summed E-state index contributed by atoms with van der Waals surface area (Å²) in [4.78, 5) is 32.2. The fraction of sp³-hybridized carbons (Fsp3) is 0.333. The van der Waals surface area contributed by atoms with Crippen molar-refractivity contribution in [2.75, 3.05) is 16.8 Å². The molecule has 0 aliphatic heterocycles. The molecule has 0 heterocycles. The molecule has 8 heteroatoms. The third-order valence-electron chi connectivity index (χ3n) is 2.41. The average molecular weight is 298 g/mol. The zero-order chi connectivity index (χ0) is 15.1. The fourth-order valence-corrected chi connectivity index (χ4v) is 2.07. The number of carboxylic acid groups (broad SMARTS) is 1. The molecule has 0 aromatic heterocycles. The number of benzene rings is 1. The number of rotatable bonds is 7. The summed E-state index contributed by atoms with van der Waals surface area (Å²) in [5.41, 5.74) is 0.881. The molecule has 1 aromatic carbocycles. The van der Waals surface area contributed by atoms with Gasteiger partial charge >= 0.3 is 5.97 Å². The number of hydrogen-bond acceptors (Lipinski definition) is 5. The first-order valence-corrected chi connectivity index (χ1v) is 6.96. The van der Waals surface area contributed by atoms with Crippen molar-refractivity contribution in [1.82, 2.24) is 0 Å². The van der Waals surface area contributed by atoms with Crippen LogP contribution in [0.5, 0.6) is 0 Å². The van der Waals surface area contributed by atoms with Gasteiger partial charge in [0.15, 0.2) is 0 Å². The van der Waals surface area contributed by atoms with E-state index >= 15 is 0 Å². The van der Waals surface area contributed by atoms with Gasteiger partial charge in [-0.25, -0.2) is 0 Å². The normalized spacial score (nSPS) is 10.1. The fourth-order valence-electron chi connectivity index (χ4n) is 1.54. The van der Waals surface area contributed by atoms with Crippen molar-refractivity contribution >= 4 is 35.0 Å². The topological polar surface area (TPSA) is 110 Å². The second-order valence-electron chi connectivity index (χ2n) is 3.89. The van der Waals surface area contributed by atoms with Crippen LogP contribution in [0.25, 0.3) is 0 Å². The van der Waals surface area contributed by atoms with Crippen LogP contribution in [0.4, 0.5) is 11.4 Å². The number of nitro groups is 1. The lowest BCUT2D eigenvalue weighted by Gasteiger charge is -2.06. The van der Waals surface area contributed by atoms with Crippen LogP contribution < -0.4 is 5.32 Å². The number of nitrogens with one attached hydrogen (secondary N) is 1. The Labute approximate surface area is 119 Å². The summed E-state index contributed by atoms with van der Waals surface area (Å²) in [7, 11) is 0. The Balaban J connectivity index is 2.68. The van der Waals surface area contributed by atoms with Crippen molar-refractivity contribution in [1.29, 1.82) is 0 Å². The summed E-state index contributed by atoms with van der Waals surface area (Å²) >= 11 is 0.961. The lowest BCUT2D eigenvalue weighted by atomic mass is 10.1. The van der Waals surface area contributed by atoms with Crippen LogP contribution in [0.3, 0.4) is 0 Å². The van der Waals surface area contributed by atoms with E-state index in [1.54, 1.807) is 12.1 Å². The van der Waals surface area contributed by atoms with Crippen molar-refractivity contribution in [3.8, 4) is 0 Å². The largest absolute Gasteiger partial charge is 0.481 e. The zero-order valence-electron chi connectivity index (χ0n) is 10.8. The minimum atomic E-state index is -0.995. The molecule has 0 bridgehead atoms. The molecule has 0 atom stereocenters. The highest BCUT2D eigenvalue weighted by molar-refractivity contribution is 8.00. The smallest absolute Gasteiger partial charge is 0.313 e. The summed E-state index contributed by atoms with van der Waals surface area (Å²) < 4.78 is 0. The molecule has 108 valence electrons. The quantitative estimate of drug-likeness (QED) is 0.588. The van der Waals surface area contributed by atoms with Gasteiger partial charge in [-0.2, -0.15) is 0 Å². The minimum Gasteiger partial charge on any atom is -0.481 e. The molecule has 1 rings (SSSR count). The van der Waals surface area contributed by atoms with Crippen molar-refractivity contribution in [2.24, 2.45) is 0 Å². The van der Waals surface area contributed by atoms with E-state index in [4.69, 9.17) is 5.11 Å². The SMILES string of the molecule is CCc1ccc(NC(=O)CSCC(=O)O)cc1[N+](=O)[O-]. The summed E-state index contributed by atoms with van der Waals surface area (Å²) in [6, 6.07) is 4.49. The van der Waals surface area contributed by atoms with Gasteiger partial charge in [-0.05, 0) is 12.5 Å². The van der Waals surface area contributed by atoms with E-state index in [1.165, 1.54) is 6.07 Å². The van der Waals surface area contributed by atoms with E-state index < -0.39 is 16.8 Å².